The highest BCUT2D eigenvalue weighted by Gasteiger charge is 2.34. The maximum absolute atomic E-state index is 14.1. The number of aryl methyl sites for hydroxylation is 1. The first-order valence-corrected chi connectivity index (χ1v) is 12.0. The highest BCUT2D eigenvalue weighted by Crippen LogP contribution is 2.35. The fourth-order valence-corrected chi connectivity index (χ4v) is 4.82. The molecule has 0 unspecified atom stereocenters. The first-order chi connectivity index (χ1) is 16.4. The van der Waals surface area contributed by atoms with Crippen molar-refractivity contribution in [2.75, 3.05) is 18.0 Å². The van der Waals surface area contributed by atoms with Crippen LogP contribution in [-0.4, -0.2) is 38.4 Å². The molecule has 1 fully saturated rings. The van der Waals surface area contributed by atoms with Gasteiger partial charge in [-0.1, -0.05) is 11.6 Å². The van der Waals surface area contributed by atoms with Gasteiger partial charge in [0.1, 0.15) is 28.3 Å². The van der Waals surface area contributed by atoms with Crippen molar-refractivity contribution in [3.05, 3.63) is 61.0 Å². The van der Waals surface area contributed by atoms with Gasteiger partial charge in [0.2, 0.25) is 0 Å². The maximum Gasteiger partial charge on any atom is 0.344 e. The Kier molecular flexibility index (Phi) is 6.57. The lowest BCUT2D eigenvalue weighted by Crippen LogP contribution is -2.38. The molecule has 1 aliphatic heterocycles. The summed E-state index contributed by atoms with van der Waals surface area (Å²) in [6, 6.07) is 4.04. The lowest BCUT2D eigenvalue weighted by Gasteiger charge is -2.31. The first-order valence-electron chi connectivity index (χ1n) is 11.6. The Labute approximate surface area is 207 Å². The Morgan fingerprint density at radius 3 is 2.34 bits per heavy atom. The van der Waals surface area contributed by atoms with Crippen LogP contribution in [0.1, 0.15) is 56.0 Å². The number of nitrogens with zero attached hydrogens (tertiary/aromatic N) is 4. The van der Waals surface area contributed by atoms with E-state index >= 15 is 0 Å². The second-order valence-electron chi connectivity index (χ2n) is 9.97. The standard InChI is InChI=1S/C25H30ClFN4O4/c1-25(2,3)35-23(33)18-19-20(22(32)29(5)24(34)28(19)4)31(21(18)30-11-7-6-8-12-30)14-15-13-16(27)9-10-17(15)26/h9-10,13H,6-8,11-12,14H2,1-5H3. The molecule has 10 heteroatoms. The summed E-state index contributed by atoms with van der Waals surface area (Å²) in [6.07, 6.45) is 2.87. The fraction of sp³-hybridized carbons (Fsp3) is 0.480. The lowest BCUT2D eigenvalue weighted by atomic mass is 10.1. The predicted molar refractivity (Wildman–Crippen MR) is 134 cm³/mol. The molecule has 8 nitrogen and oxygen atoms in total. The van der Waals surface area contributed by atoms with Gasteiger partial charge in [-0.15, -0.1) is 0 Å². The van der Waals surface area contributed by atoms with Crippen LogP contribution in [0.25, 0.3) is 11.0 Å². The zero-order valence-corrected chi connectivity index (χ0v) is 21.4. The van der Waals surface area contributed by atoms with Gasteiger partial charge in [-0.05, 0) is 63.8 Å². The molecular formula is C25H30ClFN4O4. The zero-order valence-electron chi connectivity index (χ0n) is 20.7. The van der Waals surface area contributed by atoms with Crippen molar-refractivity contribution in [2.24, 2.45) is 14.1 Å². The Balaban J connectivity index is 2.13. The van der Waals surface area contributed by atoms with Crippen LogP contribution in [0.15, 0.2) is 27.8 Å². The number of piperidine rings is 1. The number of carbonyl (C=O) groups excluding carboxylic acids is 1. The molecule has 0 amide bonds. The summed E-state index contributed by atoms with van der Waals surface area (Å²) in [6.45, 7) is 6.64. The van der Waals surface area contributed by atoms with E-state index in [-0.39, 0.29) is 23.1 Å². The summed E-state index contributed by atoms with van der Waals surface area (Å²) >= 11 is 6.40. The third-order valence-electron chi connectivity index (χ3n) is 6.22. The minimum absolute atomic E-state index is 0.0369. The van der Waals surface area contributed by atoms with E-state index in [1.54, 1.807) is 25.3 Å². The average molecular weight is 505 g/mol. The summed E-state index contributed by atoms with van der Waals surface area (Å²) in [4.78, 5) is 42.0. The molecule has 0 atom stereocenters. The van der Waals surface area contributed by atoms with Crippen LogP contribution in [0.3, 0.4) is 0 Å². The molecule has 0 saturated carbocycles. The number of hydrogen-bond donors (Lipinski definition) is 0. The monoisotopic (exact) mass is 504 g/mol. The number of ether oxygens (including phenoxy) is 1. The summed E-state index contributed by atoms with van der Waals surface area (Å²) in [7, 11) is 2.92. The number of halogens is 2. The number of rotatable bonds is 4. The van der Waals surface area contributed by atoms with Crippen molar-refractivity contribution in [3.63, 3.8) is 0 Å². The second kappa shape index (κ2) is 9.18. The molecule has 1 aromatic carbocycles. The van der Waals surface area contributed by atoms with Crippen LogP contribution in [0.5, 0.6) is 0 Å². The number of anilines is 1. The van der Waals surface area contributed by atoms with E-state index in [1.165, 1.54) is 36.9 Å². The molecule has 3 heterocycles. The average Bonchev–Trinajstić information content (AvgIpc) is 3.13. The van der Waals surface area contributed by atoms with Crippen molar-refractivity contribution in [3.8, 4) is 0 Å². The van der Waals surface area contributed by atoms with Gasteiger partial charge in [-0.2, -0.15) is 0 Å². The zero-order chi connectivity index (χ0) is 25.7. The number of aromatic nitrogens is 3. The van der Waals surface area contributed by atoms with Crippen molar-refractivity contribution in [2.45, 2.75) is 52.2 Å². The molecule has 3 aromatic rings. The summed E-state index contributed by atoms with van der Waals surface area (Å²) in [5.41, 5.74) is -0.941. The molecule has 4 rings (SSSR count). The minimum Gasteiger partial charge on any atom is -0.456 e. The SMILES string of the molecule is Cn1c(=O)c2c(c(C(=O)OC(C)(C)C)c(N3CCCCC3)n2Cc2cc(F)ccc2Cl)n(C)c1=O. The van der Waals surface area contributed by atoms with E-state index in [9.17, 15) is 18.8 Å². The van der Waals surface area contributed by atoms with Crippen LogP contribution in [-0.2, 0) is 25.4 Å². The third-order valence-corrected chi connectivity index (χ3v) is 6.59. The molecular weight excluding hydrogens is 475 g/mol. The van der Waals surface area contributed by atoms with Gasteiger partial charge in [0.25, 0.3) is 5.56 Å². The first kappa shape index (κ1) is 25.0. The summed E-state index contributed by atoms with van der Waals surface area (Å²) in [5, 5.41) is 0.332. The third kappa shape index (κ3) is 4.61. The summed E-state index contributed by atoms with van der Waals surface area (Å²) in [5.74, 6) is -0.615. The van der Waals surface area contributed by atoms with Crippen LogP contribution >= 0.6 is 11.6 Å². The summed E-state index contributed by atoms with van der Waals surface area (Å²) < 4.78 is 23.9. The Bertz CT molecular complexity index is 1420. The molecule has 0 spiro atoms. The van der Waals surface area contributed by atoms with Gasteiger partial charge in [0.05, 0.1) is 12.1 Å². The van der Waals surface area contributed by atoms with E-state index in [0.29, 0.717) is 29.5 Å². The van der Waals surface area contributed by atoms with Gasteiger partial charge in [-0.3, -0.25) is 13.9 Å². The van der Waals surface area contributed by atoms with E-state index in [2.05, 4.69) is 0 Å². The van der Waals surface area contributed by atoms with Gasteiger partial charge < -0.3 is 14.2 Å². The Hall–Kier alpha value is -3.07. The highest BCUT2D eigenvalue weighted by atomic mass is 35.5. The van der Waals surface area contributed by atoms with Crippen LogP contribution in [0.2, 0.25) is 5.02 Å². The molecule has 0 radical (unpaired) electrons. The maximum atomic E-state index is 14.1. The van der Waals surface area contributed by atoms with E-state index in [0.717, 1.165) is 23.8 Å². The highest BCUT2D eigenvalue weighted by molar-refractivity contribution is 6.31. The van der Waals surface area contributed by atoms with E-state index in [1.807, 2.05) is 4.90 Å². The van der Waals surface area contributed by atoms with Gasteiger partial charge >= 0.3 is 11.7 Å². The van der Waals surface area contributed by atoms with Crippen molar-refractivity contribution in [1.29, 1.82) is 0 Å². The van der Waals surface area contributed by atoms with Crippen LogP contribution in [0.4, 0.5) is 10.2 Å². The van der Waals surface area contributed by atoms with Crippen LogP contribution < -0.4 is 16.1 Å². The number of carbonyl (C=O) groups is 1. The normalized spacial score (nSPS) is 14.5. The fourth-order valence-electron chi connectivity index (χ4n) is 4.64. The van der Waals surface area contributed by atoms with Gasteiger partial charge in [-0.25, -0.2) is 14.0 Å². The van der Waals surface area contributed by atoms with Crippen molar-refractivity contribution in [1.82, 2.24) is 13.7 Å². The Morgan fingerprint density at radius 2 is 1.71 bits per heavy atom. The van der Waals surface area contributed by atoms with Crippen molar-refractivity contribution >= 4 is 34.4 Å². The minimum atomic E-state index is -0.796. The van der Waals surface area contributed by atoms with Gasteiger partial charge in [0, 0.05) is 32.2 Å². The molecule has 1 saturated heterocycles. The number of fused-ring (bicyclic) bond motifs is 1. The molecule has 0 N–H and O–H groups in total. The molecule has 188 valence electrons. The predicted octanol–water partition coefficient (Wildman–Crippen LogP) is 3.83. The molecule has 0 bridgehead atoms. The van der Waals surface area contributed by atoms with E-state index < -0.39 is 28.6 Å². The van der Waals surface area contributed by atoms with Crippen molar-refractivity contribution < 1.29 is 13.9 Å². The quantitative estimate of drug-likeness (QED) is 0.505. The molecule has 1 aliphatic rings. The topological polar surface area (TPSA) is 78.5 Å². The second-order valence-corrected chi connectivity index (χ2v) is 10.4. The number of esters is 1. The van der Waals surface area contributed by atoms with E-state index in [4.69, 9.17) is 16.3 Å². The lowest BCUT2D eigenvalue weighted by molar-refractivity contribution is 0.00718. The smallest absolute Gasteiger partial charge is 0.344 e. The largest absolute Gasteiger partial charge is 0.456 e. The molecule has 35 heavy (non-hydrogen) atoms. The number of hydrogen-bond acceptors (Lipinski definition) is 5. The number of benzene rings is 1. The molecule has 2 aromatic heterocycles. The Morgan fingerprint density at radius 1 is 1.06 bits per heavy atom. The molecule has 0 aliphatic carbocycles. The van der Waals surface area contributed by atoms with Gasteiger partial charge in [0.15, 0.2) is 0 Å². The van der Waals surface area contributed by atoms with Crippen LogP contribution in [0, 0.1) is 5.82 Å².